The standard InChI is InChI=1S/C20H29N3OS/c1-13(2)15-8-10-16(11-9-15)23-19(24)7-5-4-6-18-20-17(12-25-18)21-14(3)22-20/h8-11,13,17-18,20-22H,3-7,12H2,1-2H3,(H,23,24). The molecule has 2 fully saturated rings. The van der Waals surface area contributed by atoms with Crippen LogP contribution in [0.3, 0.4) is 0 Å². The molecule has 2 saturated heterocycles. The van der Waals surface area contributed by atoms with E-state index < -0.39 is 0 Å². The minimum Gasteiger partial charge on any atom is -0.367 e. The highest BCUT2D eigenvalue weighted by Gasteiger charge is 2.40. The van der Waals surface area contributed by atoms with Crippen LogP contribution in [0.5, 0.6) is 0 Å². The lowest BCUT2D eigenvalue weighted by Crippen LogP contribution is -2.36. The molecule has 0 radical (unpaired) electrons. The highest BCUT2D eigenvalue weighted by Crippen LogP contribution is 2.34. The van der Waals surface area contributed by atoms with E-state index in [1.807, 2.05) is 23.9 Å². The van der Waals surface area contributed by atoms with Crippen molar-refractivity contribution in [1.29, 1.82) is 0 Å². The summed E-state index contributed by atoms with van der Waals surface area (Å²) in [5.41, 5.74) is 2.19. The Morgan fingerprint density at radius 2 is 2.04 bits per heavy atom. The van der Waals surface area contributed by atoms with Gasteiger partial charge in [-0.25, -0.2) is 0 Å². The third-order valence-electron chi connectivity index (χ3n) is 5.03. The van der Waals surface area contributed by atoms with Crippen molar-refractivity contribution in [2.24, 2.45) is 0 Å². The van der Waals surface area contributed by atoms with Gasteiger partial charge in [-0.15, -0.1) is 0 Å². The molecule has 3 rings (SSSR count). The Morgan fingerprint density at radius 1 is 1.28 bits per heavy atom. The fraction of sp³-hybridized carbons (Fsp3) is 0.550. The topological polar surface area (TPSA) is 53.2 Å². The Hall–Kier alpha value is -1.62. The van der Waals surface area contributed by atoms with Gasteiger partial charge >= 0.3 is 0 Å². The molecule has 1 amide bonds. The van der Waals surface area contributed by atoms with E-state index in [-0.39, 0.29) is 5.91 Å². The van der Waals surface area contributed by atoms with Gasteiger partial charge < -0.3 is 16.0 Å². The summed E-state index contributed by atoms with van der Waals surface area (Å²) in [4.78, 5) is 12.1. The average molecular weight is 360 g/mol. The second-order valence-corrected chi connectivity index (χ2v) is 8.61. The first kappa shape index (κ1) is 18.2. The summed E-state index contributed by atoms with van der Waals surface area (Å²) in [5.74, 6) is 2.74. The maximum atomic E-state index is 12.1. The largest absolute Gasteiger partial charge is 0.367 e. The van der Waals surface area contributed by atoms with Gasteiger partial charge in [0.25, 0.3) is 0 Å². The van der Waals surface area contributed by atoms with E-state index in [1.54, 1.807) is 0 Å². The highest BCUT2D eigenvalue weighted by molar-refractivity contribution is 8.00. The van der Waals surface area contributed by atoms with Gasteiger partial charge in [0.2, 0.25) is 5.91 Å². The van der Waals surface area contributed by atoms with Crippen LogP contribution >= 0.6 is 11.8 Å². The van der Waals surface area contributed by atoms with E-state index in [9.17, 15) is 4.79 Å². The number of fused-ring (bicyclic) bond motifs is 1. The molecule has 4 nitrogen and oxygen atoms in total. The smallest absolute Gasteiger partial charge is 0.224 e. The van der Waals surface area contributed by atoms with Crippen molar-refractivity contribution < 1.29 is 4.79 Å². The minimum absolute atomic E-state index is 0.114. The Kier molecular flexibility index (Phi) is 5.94. The molecule has 5 heteroatoms. The molecule has 3 N–H and O–H groups in total. The fourth-order valence-electron chi connectivity index (χ4n) is 3.55. The lowest BCUT2D eigenvalue weighted by atomic mass is 10.0. The molecule has 25 heavy (non-hydrogen) atoms. The van der Waals surface area contributed by atoms with Crippen molar-refractivity contribution in [2.75, 3.05) is 11.1 Å². The number of nitrogens with one attached hydrogen (secondary N) is 3. The van der Waals surface area contributed by atoms with Crippen LogP contribution < -0.4 is 16.0 Å². The number of carbonyl (C=O) groups excluding carboxylic acids is 1. The van der Waals surface area contributed by atoms with Crippen LogP contribution in [0, 0.1) is 0 Å². The van der Waals surface area contributed by atoms with Crippen LogP contribution in [0.15, 0.2) is 36.7 Å². The van der Waals surface area contributed by atoms with Gasteiger partial charge in [0.05, 0.1) is 17.9 Å². The summed E-state index contributed by atoms with van der Waals surface area (Å²) in [7, 11) is 0. The Balaban J connectivity index is 1.35. The van der Waals surface area contributed by atoms with E-state index in [0.29, 0.717) is 29.7 Å². The molecule has 0 saturated carbocycles. The van der Waals surface area contributed by atoms with Crippen molar-refractivity contribution in [3.8, 4) is 0 Å². The number of benzene rings is 1. The maximum absolute atomic E-state index is 12.1. The summed E-state index contributed by atoms with van der Waals surface area (Å²) in [6, 6.07) is 9.20. The molecule has 2 heterocycles. The number of carbonyl (C=O) groups is 1. The number of unbranched alkanes of at least 4 members (excludes halogenated alkanes) is 1. The number of thioether (sulfide) groups is 1. The monoisotopic (exact) mass is 359 g/mol. The van der Waals surface area contributed by atoms with Crippen molar-refractivity contribution in [3.05, 3.63) is 42.2 Å². The van der Waals surface area contributed by atoms with Gasteiger partial charge in [-0.1, -0.05) is 39.0 Å². The summed E-state index contributed by atoms with van der Waals surface area (Å²) in [5, 5.41) is 10.5. The van der Waals surface area contributed by atoms with Crippen LogP contribution in [-0.4, -0.2) is 29.0 Å². The third-order valence-corrected chi connectivity index (χ3v) is 6.54. The molecule has 0 aliphatic carbocycles. The summed E-state index contributed by atoms with van der Waals surface area (Å²) in [6.45, 7) is 8.31. The molecular formula is C20H29N3OS. The zero-order chi connectivity index (χ0) is 17.8. The number of hydrogen-bond donors (Lipinski definition) is 3. The van der Waals surface area contributed by atoms with Crippen molar-refractivity contribution in [3.63, 3.8) is 0 Å². The van der Waals surface area contributed by atoms with Crippen LogP contribution in [0.1, 0.15) is 51.0 Å². The van der Waals surface area contributed by atoms with Crippen LogP contribution in [0.25, 0.3) is 0 Å². The number of amides is 1. The molecule has 2 aliphatic heterocycles. The van der Waals surface area contributed by atoms with Gasteiger partial charge in [-0.05, 0) is 36.5 Å². The van der Waals surface area contributed by atoms with Gasteiger partial charge in [0.15, 0.2) is 0 Å². The molecule has 1 aromatic rings. The number of anilines is 1. The molecule has 0 aromatic heterocycles. The molecule has 3 atom stereocenters. The van der Waals surface area contributed by atoms with E-state index in [1.165, 1.54) is 5.56 Å². The molecule has 2 aliphatic rings. The summed E-state index contributed by atoms with van der Waals surface area (Å²) >= 11 is 2.03. The normalized spacial score (nSPS) is 24.8. The first-order valence-corrected chi connectivity index (χ1v) is 10.3. The first-order chi connectivity index (χ1) is 12.0. The molecular weight excluding hydrogens is 330 g/mol. The molecule has 0 bridgehead atoms. The van der Waals surface area contributed by atoms with E-state index >= 15 is 0 Å². The van der Waals surface area contributed by atoms with Crippen molar-refractivity contribution in [2.45, 2.75) is 62.8 Å². The summed E-state index contributed by atoms with van der Waals surface area (Å²) < 4.78 is 0. The summed E-state index contributed by atoms with van der Waals surface area (Å²) in [6.07, 6.45) is 3.79. The SMILES string of the molecule is C=C1NC2CSC(CCCCC(=O)Nc3ccc(C(C)C)cc3)C2N1. The first-order valence-electron chi connectivity index (χ1n) is 9.26. The lowest BCUT2D eigenvalue weighted by molar-refractivity contribution is -0.116. The predicted octanol–water partition coefficient (Wildman–Crippen LogP) is 3.83. The number of hydrogen-bond acceptors (Lipinski definition) is 4. The quantitative estimate of drug-likeness (QED) is 0.648. The van der Waals surface area contributed by atoms with Gasteiger partial charge in [0.1, 0.15) is 0 Å². The van der Waals surface area contributed by atoms with E-state index in [0.717, 1.165) is 36.5 Å². The molecule has 1 aromatic carbocycles. The van der Waals surface area contributed by atoms with Crippen molar-refractivity contribution >= 4 is 23.4 Å². The van der Waals surface area contributed by atoms with Crippen molar-refractivity contribution in [1.82, 2.24) is 10.6 Å². The van der Waals surface area contributed by atoms with Crippen LogP contribution in [-0.2, 0) is 4.79 Å². The predicted molar refractivity (Wildman–Crippen MR) is 107 cm³/mol. The van der Waals surface area contributed by atoms with Gasteiger partial charge in [-0.2, -0.15) is 11.8 Å². The van der Waals surface area contributed by atoms with E-state index in [2.05, 4.69) is 48.5 Å². The fourth-order valence-corrected chi connectivity index (χ4v) is 5.10. The maximum Gasteiger partial charge on any atom is 0.224 e. The third kappa shape index (κ3) is 4.72. The molecule has 3 unspecified atom stereocenters. The average Bonchev–Trinajstić information content (AvgIpc) is 3.11. The van der Waals surface area contributed by atoms with Gasteiger partial charge in [0, 0.05) is 23.1 Å². The second-order valence-electron chi connectivity index (χ2n) is 7.34. The van der Waals surface area contributed by atoms with E-state index in [4.69, 9.17) is 0 Å². The lowest BCUT2D eigenvalue weighted by Gasteiger charge is -2.17. The van der Waals surface area contributed by atoms with Crippen LogP contribution in [0.4, 0.5) is 5.69 Å². The number of rotatable bonds is 7. The minimum atomic E-state index is 0.114. The second kappa shape index (κ2) is 8.17. The van der Waals surface area contributed by atoms with Crippen LogP contribution in [0.2, 0.25) is 0 Å². The zero-order valence-corrected chi connectivity index (χ0v) is 16.0. The Bertz CT molecular complexity index is 614. The van der Waals surface area contributed by atoms with Gasteiger partial charge in [-0.3, -0.25) is 4.79 Å². The highest BCUT2D eigenvalue weighted by atomic mass is 32.2. The molecule has 0 spiro atoms. The zero-order valence-electron chi connectivity index (χ0n) is 15.2. The molecule has 136 valence electrons. The Morgan fingerprint density at radius 3 is 2.76 bits per heavy atom. The Labute approximate surface area is 155 Å².